The summed E-state index contributed by atoms with van der Waals surface area (Å²) in [5.74, 6) is 0. The van der Waals surface area contributed by atoms with Crippen molar-refractivity contribution < 1.29 is 4.79 Å². The van der Waals surface area contributed by atoms with E-state index in [1.54, 1.807) is 0 Å². The molecule has 0 aliphatic rings. The van der Waals surface area contributed by atoms with E-state index >= 15 is 0 Å². The molecule has 9 heavy (non-hydrogen) atoms. The van der Waals surface area contributed by atoms with Gasteiger partial charge in [0.25, 0.3) is 0 Å². The van der Waals surface area contributed by atoms with Crippen LogP contribution in [-0.4, -0.2) is 11.3 Å². The number of carbonyl (C=O) groups is 1. The van der Waals surface area contributed by atoms with Crippen molar-refractivity contribution in [2.24, 2.45) is 0 Å². The smallest absolute Gasteiger partial charge is 0.161 e. The lowest BCUT2D eigenvalue weighted by Gasteiger charge is -1.76. The van der Waals surface area contributed by atoms with E-state index in [4.69, 9.17) is 0 Å². The number of hydrogen-bond donors (Lipinski definition) is 0. The topological polar surface area (TPSA) is 30.0 Å². The van der Waals surface area contributed by atoms with E-state index in [2.05, 4.69) is 20.9 Å². The molecule has 0 bridgehead atoms. The van der Waals surface area contributed by atoms with Gasteiger partial charge in [-0.1, -0.05) is 0 Å². The molecule has 0 aliphatic carbocycles. The molecule has 0 aliphatic heterocycles. The molecule has 1 aromatic heterocycles. The van der Waals surface area contributed by atoms with Crippen molar-refractivity contribution >= 4 is 33.6 Å². The van der Waals surface area contributed by atoms with Gasteiger partial charge in [-0.2, -0.15) is 0 Å². The molecular formula is C5H4BrNOS. The molecule has 0 atom stereocenters. The standard InChI is InChI=1S/C5H4BrNOS/c1-3-4(2-8)9-5(6)7-3/h2H,1H3. The molecule has 0 saturated carbocycles. The minimum absolute atomic E-state index is 0.696. The first-order valence-electron chi connectivity index (χ1n) is 2.32. The summed E-state index contributed by atoms with van der Waals surface area (Å²) in [4.78, 5) is 14.9. The number of aldehydes is 1. The summed E-state index contributed by atoms with van der Waals surface area (Å²) in [6.07, 6.45) is 0.817. The number of thiazole rings is 1. The predicted molar refractivity (Wildman–Crippen MR) is 39.9 cm³/mol. The maximum atomic E-state index is 10.2. The van der Waals surface area contributed by atoms with E-state index in [0.29, 0.717) is 4.88 Å². The summed E-state index contributed by atoms with van der Waals surface area (Å²) in [5, 5.41) is 0. The first-order valence-corrected chi connectivity index (χ1v) is 3.93. The van der Waals surface area contributed by atoms with Gasteiger partial charge >= 0.3 is 0 Å². The molecule has 2 nitrogen and oxygen atoms in total. The van der Waals surface area contributed by atoms with E-state index in [9.17, 15) is 4.79 Å². The van der Waals surface area contributed by atoms with E-state index < -0.39 is 0 Å². The number of hydrogen-bond acceptors (Lipinski definition) is 3. The Kier molecular flexibility index (Phi) is 1.97. The second kappa shape index (κ2) is 2.58. The van der Waals surface area contributed by atoms with E-state index in [0.717, 1.165) is 15.9 Å². The molecule has 0 aromatic carbocycles. The van der Waals surface area contributed by atoms with Gasteiger partial charge in [0.1, 0.15) is 0 Å². The number of rotatable bonds is 1. The molecule has 4 heteroatoms. The lowest BCUT2D eigenvalue weighted by molar-refractivity contribution is 0.112. The second-order valence-corrected chi connectivity index (χ2v) is 3.84. The Morgan fingerprint density at radius 1 is 1.78 bits per heavy atom. The van der Waals surface area contributed by atoms with Crippen LogP contribution in [-0.2, 0) is 0 Å². The molecule has 0 radical (unpaired) electrons. The molecule has 0 saturated heterocycles. The summed E-state index contributed by atoms with van der Waals surface area (Å²) >= 11 is 4.52. The quantitative estimate of drug-likeness (QED) is 0.658. The number of carbonyl (C=O) groups excluding carboxylic acids is 1. The van der Waals surface area contributed by atoms with Gasteiger partial charge in [0.2, 0.25) is 0 Å². The van der Waals surface area contributed by atoms with Crippen LogP contribution in [0.2, 0.25) is 0 Å². The Bertz CT molecular complexity index is 233. The van der Waals surface area contributed by atoms with Crippen molar-refractivity contribution in [3.05, 3.63) is 14.5 Å². The zero-order valence-corrected chi connectivity index (χ0v) is 7.12. The number of aryl methyl sites for hydroxylation is 1. The molecule has 1 rings (SSSR count). The Labute approximate surface area is 65.1 Å². The first-order chi connectivity index (χ1) is 4.24. The second-order valence-electron chi connectivity index (χ2n) is 1.53. The number of aromatic nitrogens is 1. The highest BCUT2D eigenvalue weighted by atomic mass is 79.9. The maximum absolute atomic E-state index is 10.2. The van der Waals surface area contributed by atoms with Crippen molar-refractivity contribution in [2.45, 2.75) is 6.92 Å². The van der Waals surface area contributed by atoms with Crippen LogP contribution in [0.1, 0.15) is 15.4 Å². The van der Waals surface area contributed by atoms with Gasteiger partial charge in [-0.3, -0.25) is 4.79 Å². The Balaban J connectivity index is 3.15. The average molecular weight is 206 g/mol. The van der Waals surface area contributed by atoms with Crippen LogP contribution in [0.3, 0.4) is 0 Å². The molecule has 1 aromatic rings. The lowest BCUT2D eigenvalue weighted by Crippen LogP contribution is -1.76. The van der Waals surface area contributed by atoms with Gasteiger partial charge in [-0.15, -0.1) is 11.3 Å². The summed E-state index contributed by atoms with van der Waals surface area (Å²) in [6, 6.07) is 0. The van der Waals surface area contributed by atoms with Crippen LogP contribution >= 0.6 is 27.3 Å². The van der Waals surface area contributed by atoms with Gasteiger partial charge in [0.15, 0.2) is 10.2 Å². The molecular weight excluding hydrogens is 202 g/mol. The normalized spacial score (nSPS) is 9.56. The van der Waals surface area contributed by atoms with Gasteiger partial charge < -0.3 is 0 Å². The summed E-state index contributed by atoms with van der Waals surface area (Å²) in [7, 11) is 0. The third kappa shape index (κ3) is 1.37. The summed E-state index contributed by atoms with van der Waals surface area (Å²) < 4.78 is 0.766. The molecule has 48 valence electrons. The largest absolute Gasteiger partial charge is 0.297 e. The Morgan fingerprint density at radius 3 is 2.67 bits per heavy atom. The highest BCUT2D eigenvalue weighted by Crippen LogP contribution is 2.20. The fourth-order valence-electron chi connectivity index (χ4n) is 0.484. The van der Waals surface area contributed by atoms with Crippen LogP contribution in [0, 0.1) is 6.92 Å². The molecule has 0 fully saturated rings. The van der Waals surface area contributed by atoms with Crippen molar-refractivity contribution in [1.82, 2.24) is 4.98 Å². The van der Waals surface area contributed by atoms with Crippen LogP contribution in [0.25, 0.3) is 0 Å². The van der Waals surface area contributed by atoms with Crippen LogP contribution in [0.4, 0.5) is 0 Å². The fraction of sp³-hybridized carbons (Fsp3) is 0.200. The highest BCUT2D eigenvalue weighted by molar-refractivity contribution is 9.11. The highest BCUT2D eigenvalue weighted by Gasteiger charge is 2.01. The van der Waals surface area contributed by atoms with Gasteiger partial charge in [0.05, 0.1) is 10.6 Å². The lowest BCUT2D eigenvalue weighted by atomic mass is 10.4. The third-order valence-corrected chi connectivity index (χ3v) is 2.45. The Morgan fingerprint density at radius 2 is 2.44 bits per heavy atom. The summed E-state index contributed by atoms with van der Waals surface area (Å²) in [6.45, 7) is 1.81. The van der Waals surface area contributed by atoms with Crippen molar-refractivity contribution in [1.29, 1.82) is 0 Å². The van der Waals surface area contributed by atoms with E-state index in [1.165, 1.54) is 11.3 Å². The zero-order valence-electron chi connectivity index (χ0n) is 4.72. The molecule has 0 unspecified atom stereocenters. The molecule has 0 N–H and O–H groups in total. The molecule has 1 heterocycles. The SMILES string of the molecule is Cc1nc(Br)sc1C=O. The van der Waals surface area contributed by atoms with Gasteiger partial charge in [-0.05, 0) is 22.9 Å². The third-order valence-electron chi connectivity index (χ3n) is 0.913. The van der Waals surface area contributed by atoms with Gasteiger partial charge in [-0.25, -0.2) is 4.98 Å². The van der Waals surface area contributed by atoms with Gasteiger partial charge in [0, 0.05) is 0 Å². The van der Waals surface area contributed by atoms with E-state index in [-0.39, 0.29) is 0 Å². The fourth-order valence-corrected chi connectivity index (χ4v) is 1.88. The Hall–Kier alpha value is -0.220. The maximum Gasteiger partial charge on any atom is 0.161 e. The monoisotopic (exact) mass is 205 g/mol. The first kappa shape index (κ1) is 6.89. The van der Waals surface area contributed by atoms with Crippen LogP contribution < -0.4 is 0 Å². The van der Waals surface area contributed by atoms with Crippen molar-refractivity contribution in [3.63, 3.8) is 0 Å². The minimum atomic E-state index is 0.696. The van der Waals surface area contributed by atoms with Crippen LogP contribution in [0.5, 0.6) is 0 Å². The van der Waals surface area contributed by atoms with Crippen molar-refractivity contribution in [2.75, 3.05) is 0 Å². The van der Waals surface area contributed by atoms with E-state index in [1.807, 2.05) is 6.92 Å². The molecule has 0 amide bonds. The summed E-state index contributed by atoms with van der Waals surface area (Å²) in [5.41, 5.74) is 0.793. The molecule has 0 spiro atoms. The number of halogens is 1. The minimum Gasteiger partial charge on any atom is -0.297 e. The zero-order chi connectivity index (χ0) is 6.85. The van der Waals surface area contributed by atoms with Crippen molar-refractivity contribution in [3.8, 4) is 0 Å². The van der Waals surface area contributed by atoms with Crippen LogP contribution in [0.15, 0.2) is 3.92 Å². The number of nitrogens with zero attached hydrogens (tertiary/aromatic N) is 1. The predicted octanol–water partition coefficient (Wildman–Crippen LogP) is 2.03. The average Bonchev–Trinajstić information content (AvgIpc) is 2.10.